The Balaban J connectivity index is 1.01. The number of fused-ring (bicyclic) bond motifs is 10. The highest BCUT2D eigenvalue weighted by atomic mass is 15.0. The average Bonchev–Trinajstić information content (AvgIpc) is 3.53. The van der Waals surface area contributed by atoms with Crippen LogP contribution in [-0.4, -0.2) is 15.0 Å². The second-order valence-electron chi connectivity index (χ2n) is 16.4. The van der Waals surface area contributed by atoms with Crippen LogP contribution < -0.4 is 0 Å². The monoisotopic (exact) mass is 751 g/mol. The highest BCUT2D eigenvalue weighted by Crippen LogP contribution is 2.49. The lowest BCUT2D eigenvalue weighted by atomic mass is 9.82. The van der Waals surface area contributed by atoms with E-state index in [1.165, 1.54) is 65.7 Å². The second-order valence-corrected chi connectivity index (χ2v) is 16.4. The fraction of sp³-hybridized carbons (Fsp3) is 0.0536. The fourth-order valence-electron chi connectivity index (χ4n) is 9.62. The van der Waals surface area contributed by atoms with Crippen LogP contribution in [0.15, 0.2) is 188 Å². The molecule has 1 heterocycles. The van der Waals surface area contributed by atoms with E-state index < -0.39 is 0 Å². The highest BCUT2D eigenvalue weighted by Gasteiger charge is 2.35. The van der Waals surface area contributed by atoms with Gasteiger partial charge in [-0.15, -0.1) is 0 Å². The summed E-state index contributed by atoms with van der Waals surface area (Å²) in [5.41, 5.74) is 10.7. The van der Waals surface area contributed by atoms with Gasteiger partial charge in [0, 0.05) is 22.1 Å². The molecule has 0 saturated carbocycles. The van der Waals surface area contributed by atoms with Gasteiger partial charge in [-0.25, -0.2) is 15.0 Å². The summed E-state index contributed by atoms with van der Waals surface area (Å²) in [4.78, 5) is 15.7. The normalized spacial score (nSPS) is 13.1. The lowest BCUT2D eigenvalue weighted by Crippen LogP contribution is -2.14. The molecular weight excluding hydrogens is 715 g/mol. The van der Waals surface area contributed by atoms with Crippen LogP contribution in [0, 0.1) is 0 Å². The number of nitrogens with zero attached hydrogens (tertiary/aromatic N) is 3. The van der Waals surface area contributed by atoms with Gasteiger partial charge in [-0.3, -0.25) is 0 Å². The maximum absolute atomic E-state index is 5.25. The van der Waals surface area contributed by atoms with Crippen molar-refractivity contribution < 1.29 is 0 Å². The van der Waals surface area contributed by atoms with E-state index in [4.69, 9.17) is 15.0 Å². The zero-order valence-corrected chi connectivity index (χ0v) is 32.7. The van der Waals surface area contributed by atoms with Crippen LogP contribution in [0.1, 0.15) is 25.0 Å². The van der Waals surface area contributed by atoms with E-state index in [-0.39, 0.29) is 5.41 Å². The summed E-state index contributed by atoms with van der Waals surface area (Å²) in [6.07, 6.45) is 0. The molecule has 0 saturated heterocycles. The number of hydrogen-bond acceptors (Lipinski definition) is 3. The number of aromatic nitrogens is 3. The molecule has 0 aliphatic heterocycles. The summed E-state index contributed by atoms with van der Waals surface area (Å²) in [6.45, 7) is 4.66. The molecule has 0 atom stereocenters. The molecule has 3 nitrogen and oxygen atoms in total. The Labute approximate surface area is 342 Å². The zero-order valence-electron chi connectivity index (χ0n) is 32.7. The lowest BCUT2D eigenvalue weighted by Gasteiger charge is -2.21. The van der Waals surface area contributed by atoms with Crippen LogP contribution in [0.25, 0.3) is 110 Å². The van der Waals surface area contributed by atoms with Gasteiger partial charge in [0.25, 0.3) is 0 Å². The van der Waals surface area contributed by atoms with Crippen molar-refractivity contribution in [1.82, 2.24) is 15.0 Å². The molecule has 276 valence electrons. The Bertz CT molecular complexity index is 3410. The largest absolute Gasteiger partial charge is 0.208 e. The van der Waals surface area contributed by atoms with Crippen LogP contribution >= 0.6 is 0 Å². The molecule has 11 aromatic rings. The van der Waals surface area contributed by atoms with Gasteiger partial charge in [0.1, 0.15) is 0 Å². The molecule has 0 N–H and O–H groups in total. The Morgan fingerprint density at radius 1 is 0.288 bits per heavy atom. The third-order valence-corrected chi connectivity index (χ3v) is 12.7. The van der Waals surface area contributed by atoms with Crippen LogP contribution in [0.3, 0.4) is 0 Å². The van der Waals surface area contributed by atoms with Gasteiger partial charge in [-0.05, 0) is 112 Å². The Hall–Kier alpha value is -7.49. The molecule has 0 radical (unpaired) electrons. The molecule has 0 amide bonds. The van der Waals surface area contributed by atoms with Crippen molar-refractivity contribution in [2.45, 2.75) is 19.3 Å². The molecule has 0 unspecified atom stereocenters. The Morgan fingerprint density at radius 2 is 0.729 bits per heavy atom. The third-order valence-electron chi connectivity index (χ3n) is 12.7. The molecule has 1 aromatic heterocycles. The summed E-state index contributed by atoms with van der Waals surface area (Å²) < 4.78 is 0. The SMILES string of the molecule is CC1(C)c2ccccc2-c2cc(-c3ccc4c(-c5nc(-c6ccc7c(ccc8ccccc87)c6)nc(-c6ccc7c(ccc8ccccc87)c6)n5)cccc4c3)ccc21. The van der Waals surface area contributed by atoms with Gasteiger partial charge >= 0.3 is 0 Å². The minimum atomic E-state index is -0.0204. The van der Waals surface area contributed by atoms with E-state index in [2.05, 4.69) is 202 Å². The van der Waals surface area contributed by atoms with Crippen molar-refractivity contribution in [3.63, 3.8) is 0 Å². The Kier molecular flexibility index (Phi) is 7.27. The maximum atomic E-state index is 5.25. The summed E-state index contributed by atoms with van der Waals surface area (Å²) in [6, 6.07) is 68.0. The topological polar surface area (TPSA) is 38.7 Å². The van der Waals surface area contributed by atoms with Crippen molar-refractivity contribution in [2.24, 2.45) is 0 Å². The molecule has 1 aliphatic rings. The number of rotatable bonds is 4. The van der Waals surface area contributed by atoms with Crippen molar-refractivity contribution in [1.29, 1.82) is 0 Å². The first-order valence-corrected chi connectivity index (χ1v) is 20.3. The molecule has 12 rings (SSSR count). The van der Waals surface area contributed by atoms with Crippen LogP contribution in [0.2, 0.25) is 0 Å². The zero-order chi connectivity index (χ0) is 39.2. The first-order chi connectivity index (χ1) is 29.0. The van der Waals surface area contributed by atoms with E-state index in [0.717, 1.165) is 38.2 Å². The van der Waals surface area contributed by atoms with Crippen molar-refractivity contribution in [2.75, 3.05) is 0 Å². The van der Waals surface area contributed by atoms with E-state index in [1.54, 1.807) is 0 Å². The fourth-order valence-corrected chi connectivity index (χ4v) is 9.62. The summed E-state index contributed by atoms with van der Waals surface area (Å²) >= 11 is 0. The van der Waals surface area contributed by atoms with Gasteiger partial charge in [0.05, 0.1) is 0 Å². The maximum Gasteiger partial charge on any atom is 0.164 e. The van der Waals surface area contributed by atoms with E-state index in [1.807, 2.05) is 0 Å². The van der Waals surface area contributed by atoms with Gasteiger partial charge in [0.2, 0.25) is 0 Å². The number of hydrogen-bond donors (Lipinski definition) is 0. The average molecular weight is 752 g/mol. The molecule has 3 heteroatoms. The predicted octanol–water partition coefficient (Wildman–Crippen LogP) is 14.6. The standard InChI is InChI=1S/C56H37N3/c1-56(2)51-17-8-7-15-48(51)50-33-37(25-29-52(50)56)36-22-26-47-38(30-36)12-9-16-49(47)55-58-53(41-23-27-45-39(31-41)20-18-34-10-3-5-13-43(34)45)57-54(59-55)42-24-28-46-40(32-42)21-19-35-11-4-6-14-44(35)46/h3-33H,1-2H3. The first-order valence-electron chi connectivity index (χ1n) is 20.3. The highest BCUT2D eigenvalue weighted by molar-refractivity contribution is 6.09. The van der Waals surface area contributed by atoms with Gasteiger partial charge in [0.15, 0.2) is 17.5 Å². The molecule has 10 aromatic carbocycles. The van der Waals surface area contributed by atoms with Gasteiger partial charge < -0.3 is 0 Å². The van der Waals surface area contributed by atoms with Crippen LogP contribution in [0.5, 0.6) is 0 Å². The van der Waals surface area contributed by atoms with Gasteiger partial charge in [-0.2, -0.15) is 0 Å². The summed E-state index contributed by atoms with van der Waals surface area (Å²) in [7, 11) is 0. The molecule has 59 heavy (non-hydrogen) atoms. The number of benzene rings is 10. The summed E-state index contributed by atoms with van der Waals surface area (Å²) in [5, 5.41) is 11.9. The van der Waals surface area contributed by atoms with E-state index in [9.17, 15) is 0 Å². The van der Waals surface area contributed by atoms with Crippen LogP contribution in [0.4, 0.5) is 0 Å². The van der Waals surface area contributed by atoms with Crippen molar-refractivity contribution in [3.8, 4) is 56.4 Å². The molecule has 0 bridgehead atoms. The smallest absolute Gasteiger partial charge is 0.164 e. The van der Waals surface area contributed by atoms with E-state index in [0.29, 0.717) is 17.5 Å². The summed E-state index contributed by atoms with van der Waals surface area (Å²) in [5.74, 6) is 1.94. The quantitative estimate of drug-likeness (QED) is 0.168. The molecule has 0 fully saturated rings. The second kappa shape index (κ2) is 12.8. The molecule has 0 spiro atoms. The predicted molar refractivity (Wildman–Crippen MR) is 247 cm³/mol. The molecular formula is C56H37N3. The Morgan fingerprint density at radius 3 is 1.42 bits per heavy atom. The van der Waals surface area contributed by atoms with Crippen LogP contribution in [-0.2, 0) is 5.41 Å². The third kappa shape index (κ3) is 5.32. The van der Waals surface area contributed by atoms with Crippen molar-refractivity contribution in [3.05, 3.63) is 199 Å². The van der Waals surface area contributed by atoms with Crippen molar-refractivity contribution >= 4 is 53.9 Å². The lowest BCUT2D eigenvalue weighted by molar-refractivity contribution is 0.660. The first kappa shape index (κ1) is 33.6. The molecule has 1 aliphatic carbocycles. The van der Waals surface area contributed by atoms with Gasteiger partial charge in [-0.1, -0.05) is 178 Å². The minimum absolute atomic E-state index is 0.0204. The van der Waals surface area contributed by atoms with E-state index >= 15 is 0 Å². The minimum Gasteiger partial charge on any atom is -0.208 e.